The molecule has 0 spiro atoms. The van der Waals surface area contributed by atoms with E-state index in [0.29, 0.717) is 17.2 Å². The first kappa shape index (κ1) is 20.3. The van der Waals surface area contributed by atoms with Crippen molar-refractivity contribution >= 4 is 40.8 Å². The third-order valence-electron chi connectivity index (χ3n) is 4.78. The molecule has 1 aromatic carbocycles. The van der Waals surface area contributed by atoms with Crippen LogP contribution in [-0.4, -0.2) is 30.5 Å². The normalized spacial score (nSPS) is 11.9. The van der Waals surface area contributed by atoms with Crippen LogP contribution in [0.25, 0.3) is 28.1 Å². The van der Waals surface area contributed by atoms with Gasteiger partial charge in [-0.15, -0.1) is 17.5 Å². The van der Waals surface area contributed by atoms with Gasteiger partial charge in [-0.05, 0) is 36.8 Å². The van der Waals surface area contributed by atoms with E-state index < -0.39 is 0 Å². The fourth-order valence-corrected chi connectivity index (χ4v) is 3.22. The molecule has 4 heterocycles. The molecule has 4 aromatic heterocycles. The molecular weight excluding hydrogens is 418 g/mol. The van der Waals surface area contributed by atoms with Gasteiger partial charge in [0.1, 0.15) is 5.69 Å². The standard InChI is InChI=1S/C21H17N7O2.ClH/c1-12(14-9-13-5-2-3-6-15(13)23-11-14)24-20(29)16-10-18-26-19(17-7-4-8-30-17)27-28(18)21(22)25-16;/h2-12H,1H3,(H2,22,25)(H,24,29);1H. The van der Waals surface area contributed by atoms with Crippen molar-refractivity contribution in [2.24, 2.45) is 0 Å². The molecule has 0 saturated heterocycles. The molecule has 31 heavy (non-hydrogen) atoms. The van der Waals surface area contributed by atoms with Crippen molar-refractivity contribution in [2.45, 2.75) is 13.0 Å². The Hall–Kier alpha value is -3.98. The van der Waals surface area contributed by atoms with Crippen LogP contribution in [0.5, 0.6) is 0 Å². The predicted octanol–water partition coefficient (Wildman–Crippen LogP) is 3.43. The molecule has 156 valence electrons. The predicted molar refractivity (Wildman–Crippen MR) is 118 cm³/mol. The molecule has 0 aliphatic carbocycles. The number of hydrogen-bond acceptors (Lipinski definition) is 7. The third kappa shape index (κ3) is 3.78. The molecule has 1 unspecified atom stereocenters. The molecule has 1 amide bonds. The summed E-state index contributed by atoms with van der Waals surface area (Å²) in [6, 6.07) is 14.6. The van der Waals surface area contributed by atoms with Crippen molar-refractivity contribution in [1.29, 1.82) is 0 Å². The van der Waals surface area contributed by atoms with E-state index >= 15 is 0 Å². The number of furan rings is 1. The van der Waals surface area contributed by atoms with Crippen LogP contribution in [-0.2, 0) is 0 Å². The minimum absolute atomic E-state index is 0. The molecule has 9 nitrogen and oxygen atoms in total. The number of nitrogen functional groups attached to an aromatic ring is 1. The van der Waals surface area contributed by atoms with Crippen LogP contribution in [0, 0.1) is 0 Å². The van der Waals surface area contributed by atoms with Crippen LogP contribution >= 0.6 is 12.4 Å². The van der Waals surface area contributed by atoms with Gasteiger partial charge in [-0.1, -0.05) is 18.2 Å². The molecule has 0 aliphatic heterocycles. The zero-order valence-corrected chi connectivity index (χ0v) is 17.2. The molecule has 5 rings (SSSR count). The van der Waals surface area contributed by atoms with Gasteiger partial charge in [-0.2, -0.15) is 4.52 Å². The zero-order chi connectivity index (χ0) is 20.7. The van der Waals surface area contributed by atoms with Gasteiger partial charge in [0.15, 0.2) is 11.4 Å². The third-order valence-corrected chi connectivity index (χ3v) is 4.78. The highest BCUT2D eigenvalue weighted by atomic mass is 35.5. The number of carbonyl (C=O) groups is 1. The van der Waals surface area contributed by atoms with E-state index in [0.717, 1.165) is 16.5 Å². The zero-order valence-electron chi connectivity index (χ0n) is 16.4. The summed E-state index contributed by atoms with van der Waals surface area (Å²) in [6.45, 7) is 1.89. The van der Waals surface area contributed by atoms with Crippen molar-refractivity contribution in [3.05, 3.63) is 72.2 Å². The fraction of sp³-hybridized carbons (Fsp3) is 0.0952. The molecule has 10 heteroatoms. The van der Waals surface area contributed by atoms with Gasteiger partial charge in [0.05, 0.1) is 17.8 Å². The molecule has 1 atom stereocenters. The maximum atomic E-state index is 12.8. The number of hydrogen-bond donors (Lipinski definition) is 2. The molecule has 5 aromatic rings. The van der Waals surface area contributed by atoms with E-state index in [9.17, 15) is 4.79 Å². The van der Waals surface area contributed by atoms with Crippen molar-refractivity contribution in [3.8, 4) is 11.6 Å². The fourth-order valence-electron chi connectivity index (χ4n) is 3.22. The molecule has 0 fully saturated rings. The van der Waals surface area contributed by atoms with Crippen LogP contribution in [0.4, 0.5) is 5.95 Å². The Kier molecular flexibility index (Phi) is 5.26. The van der Waals surface area contributed by atoms with Gasteiger partial charge in [-0.3, -0.25) is 9.78 Å². The van der Waals surface area contributed by atoms with Crippen LogP contribution in [0.2, 0.25) is 0 Å². The number of pyridine rings is 1. The number of benzene rings is 1. The number of para-hydroxylation sites is 1. The second-order valence-corrected chi connectivity index (χ2v) is 6.84. The Labute approximate surface area is 182 Å². The quantitative estimate of drug-likeness (QED) is 0.443. The lowest BCUT2D eigenvalue weighted by Gasteiger charge is -2.14. The second kappa shape index (κ2) is 8.04. The first-order chi connectivity index (χ1) is 14.6. The largest absolute Gasteiger partial charge is 0.461 e. The van der Waals surface area contributed by atoms with Crippen molar-refractivity contribution in [1.82, 2.24) is 29.9 Å². The maximum absolute atomic E-state index is 12.8. The minimum Gasteiger partial charge on any atom is -0.461 e. The van der Waals surface area contributed by atoms with E-state index in [2.05, 4.69) is 25.4 Å². The maximum Gasteiger partial charge on any atom is 0.270 e. The van der Waals surface area contributed by atoms with Gasteiger partial charge in [-0.25, -0.2) is 9.97 Å². The van der Waals surface area contributed by atoms with E-state index in [1.807, 2.05) is 37.3 Å². The van der Waals surface area contributed by atoms with E-state index in [-0.39, 0.29) is 36.0 Å². The summed E-state index contributed by atoms with van der Waals surface area (Å²) in [5, 5.41) is 8.22. The van der Waals surface area contributed by atoms with E-state index in [4.69, 9.17) is 10.2 Å². The lowest BCUT2D eigenvalue weighted by Crippen LogP contribution is -2.28. The Balaban J connectivity index is 0.00000231. The average molecular weight is 436 g/mol. The van der Waals surface area contributed by atoms with Crippen molar-refractivity contribution in [3.63, 3.8) is 0 Å². The summed E-state index contributed by atoms with van der Waals surface area (Å²) in [5.74, 6) is 0.554. The number of carbonyl (C=O) groups excluding carboxylic acids is 1. The number of nitrogens with two attached hydrogens (primary N) is 1. The van der Waals surface area contributed by atoms with Gasteiger partial charge in [0, 0.05) is 17.6 Å². The van der Waals surface area contributed by atoms with E-state index in [1.165, 1.54) is 16.8 Å². The first-order valence-corrected chi connectivity index (χ1v) is 9.31. The Morgan fingerprint density at radius 2 is 2.00 bits per heavy atom. The SMILES string of the molecule is CC(NC(=O)c1cc2nc(-c3ccco3)nn2c(N)n1)c1cnc2ccccc2c1.Cl. The smallest absolute Gasteiger partial charge is 0.270 e. The Morgan fingerprint density at radius 3 is 2.81 bits per heavy atom. The van der Waals surface area contributed by atoms with Crippen molar-refractivity contribution in [2.75, 3.05) is 5.73 Å². The first-order valence-electron chi connectivity index (χ1n) is 9.31. The molecule has 0 bridgehead atoms. The van der Waals surface area contributed by atoms with Crippen LogP contribution in [0.1, 0.15) is 29.0 Å². The van der Waals surface area contributed by atoms with Gasteiger partial charge in [0.2, 0.25) is 11.8 Å². The number of nitrogens with one attached hydrogen (secondary N) is 1. The lowest BCUT2D eigenvalue weighted by molar-refractivity contribution is 0.0935. The summed E-state index contributed by atoms with van der Waals surface area (Å²) >= 11 is 0. The van der Waals surface area contributed by atoms with Crippen LogP contribution < -0.4 is 11.1 Å². The average Bonchev–Trinajstić information content (AvgIpc) is 3.43. The summed E-state index contributed by atoms with van der Waals surface area (Å²) in [5.41, 5.74) is 8.34. The summed E-state index contributed by atoms with van der Waals surface area (Å²) in [4.78, 5) is 25.8. The minimum atomic E-state index is -0.368. The van der Waals surface area contributed by atoms with Gasteiger partial charge >= 0.3 is 0 Å². The lowest BCUT2D eigenvalue weighted by atomic mass is 10.1. The second-order valence-electron chi connectivity index (χ2n) is 6.84. The molecule has 0 aliphatic rings. The number of rotatable bonds is 4. The Morgan fingerprint density at radius 1 is 1.16 bits per heavy atom. The number of halogens is 1. The van der Waals surface area contributed by atoms with Crippen LogP contribution in [0.3, 0.4) is 0 Å². The molecule has 3 N–H and O–H groups in total. The summed E-state index contributed by atoms with van der Waals surface area (Å²) in [7, 11) is 0. The van der Waals surface area contributed by atoms with Crippen molar-refractivity contribution < 1.29 is 9.21 Å². The number of amides is 1. The summed E-state index contributed by atoms with van der Waals surface area (Å²) < 4.78 is 6.68. The monoisotopic (exact) mass is 435 g/mol. The highest BCUT2D eigenvalue weighted by Crippen LogP contribution is 2.20. The molecule has 0 saturated carbocycles. The highest BCUT2D eigenvalue weighted by molar-refractivity contribution is 5.94. The summed E-state index contributed by atoms with van der Waals surface area (Å²) in [6.07, 6.45) is 3.29. The number of fused-ring (bicyclic) bond motifs is 2. The van der Waals surface area contributed by atoms with E-state index in [1.54, 1.807) is 18.3 Å². The topological polar surface area (TPSA) is 124 Å². The van der Waals surface area contributed by atoms with Crippen LogP contribution in [0.15, 0.2) is 65.4 Å². The van der Waals surface area contributed by atoms with Gasteiger partial charge < -0.3 is 15.5 Å². The van der Waals surface area contributed by atoms with Gasteiger partial charge in [0.25, 0.3) is 5.91 Å². The number of anilines is 1. The molecular formula is C21H18ClN7O2. The highest BCUT2D eigenvalue weighted by Gasteiger charge is 2.18. The molecule has 0 radical (unpaired) electrons. The number of aromatic nitrogens is 5. The Bertz CT molecular complexity index is 1380. The number of nitrogens with zero attached hydrogens (tertiary/aromatic N) is 5.